The fraction of sp³-hybridized carbons (Fsp3) is 0.857. The third-order valence-corrected chi connectivity index (χ3v) is 4.33. The van der Waals surface area contributed by atoms with E-state index in [1.807, 2.05) is 11.8 Å². The summed E-state index contributed by atoms with van der Waals surface area (Å²) in [6.45, 7) is 5.94. The predicted molar refractivity (Wildman–Crippen MR) is 71.6 cm³/mol. The molecule has 1 aliphatic carbocycles. The van der Waals surface area contributed by atoms with Crippen LogP contribution in [-0.4, -0.2) is 61.0 Å². The van der Waals surface area contributed by atoms with Gasteiger partial charge in [-0.15, -0.1) is 0 Å². The molecule has 5 heteroatoms. The van der Waals surface area contributed by atoms with Crippen LogP contribution in [0.25, 0.3) is 0 Å². The van der Waals surface area contributed by atoms with Gasteiger partial charge in [0.05, 0.1) is 12.5 Å². The molecule has 0 aromatic heterocycles. The Balaban J connectivity index is 1.74. The van der Waals surface area contributed by atoms with Crippen LogP contribution in [0.4, 0.5) is 0 Å². The minimum atomic E-state index is -0.0216. The zero-order chi connectivity index (χ0) is 13.7. The van der Waals surface area contributed by atoms with E-state index in [1.165, 1.54) is 0 Å². The van der Waals surface area contributed by atoms with Gasteiger partial charge in [-0.1, -0.05) is 0 Å². The maximum Gasteiger partial charge on any atom is 0.308 e. The standard InChI is InChI=1S/C14H24N2O3/c1-2-19-14(18)12-3-5-13(6-4-12)16-9-7-15(11-17)8-10-16/h11-13H,2-10H2,1H3. The molecule has 1 aliphatic heterocycles. The monoisotopic (exact) mass is 268 g/mol. The molecule has 0 aromatic carbocycles. The minimum absolute atomic E-state index is 0.0216. The highest BCUT2D eigenvalue weighted by Crippen LogP contribution is 2.28. The normalized spacial score (nSPS) is 29.0. The van der Waals surface area contributed by atoms with Crippen LogP contribution in [0.5, 0.6) is 0 Å². The molecule has 1 amide bonds. The van der Waals surface area contributed by atoms with E-state index in [0.717, 1.165) is 58.3 Å². The van der Waals surface area contributed by atoms with E-state index in [0.29, 0.717) is 12.6 Å². The molecule has 1 saturated heterocycles. The largest absolute Gasteiger partial charge is 0.466 e. The Hall–Kier alpha value is -1.10. The maximum absolute atomic E-state index is 11.7. The first kappa shape index (κ1) is 14.3. The third kappa shape index (κ3) is 3.69. The van der Waals surface area contributed by atoms with Crippen LogP contribution in [0.3, 0.4) is 0 Å². The second-order valence-electron chi connectivity index (χ2n) is 5.43. The van der Waals surface area contributed by atoms with Gasteiger partial charge in [-0.05, 0) is 32.6 Å². The summed E-state index contributed by atoms with van der Waals surface area (Å²) in [5, 5.41) is 0. The summed E-state index contributed by atoms with van der Waals surface area (Å²) in [6.07, 6.45) is 4.97. The summed E-state index contributed by atoms with van der Waals surface area (Å²) in [5.74, 6) is 0.0826. The number of hydrogen-bond donors (Lipinski definition) is 0. The van der Waals surface area contributed by atoms with E-state index in [2.05, 4.69) is 4.90 Å². The molecule has 1 saturated carbocycles. The Morgan fingerprint density at radius 2 is 1.79 bits per heavy atom. The predicted octanol–water partition coefficient (Wildman–Crippen LogP) is 0.882. The second-order valence-corrected chi connectivity index (χ2v) is 5.43. The quantitative estimate of drug-likeness (QED) is 0.561. The summed E-state index contributed by atoms with van der Waals surface area (Å²) < 4.78 is 5.09. The Morgan fingerprint density at radius 3 is 2.32 bits per heavy atom. The molecule has 0 aromatic rings. The van der Waals surface area contributed by atoms with Crippen molar-refractivity contribution in [2.45, 2.75) is 38.6 Å². The Labute approximate surface area is 114 Å². The number of hydrogen-bond acceptors (Lipinski definition) is 4. The van der Waals surface area contributed by atoms with Crippen molar-refractivity contribution in [1.82, 2.24) is 9.80 Å². The molecule has 0 N–H and O–H groups in total. The molecule has 0 bridgehead atoms. The molecule has 2 aliphatic rings. The Kier molecular flexibility index (Phi) is 5.19. The van der Waals surface area contributed by atoms with Gasteiger partial charge >= 0.3 is 5.97 Å². The molecule has 0 atom stereocenters. The molecular weight excluding hydrogens is 244 g/mol. The van der Waals surface area contributed by atoms with Crippen LogP contribution in [0.15, 0.2) is 0 Å². The summed E-state index contributed by atoms with van der Waals surface area (Å²) in [4.78, 5) is 26.7. The van der Waals surface area contributed by atoms with Gasteiger partial charge in [0.1, 0.15) is 0 Å². The number of piperazine rings is 1. The molecule has 0 spiro atoms. The lowest BCUT2D eigenvalue weighted by Gasteiger charge is -2.40. The van der Waals surface area contributed by atoms with Gasteiger partial charge in [0.15, 0.2) is 0 Å². The van der Waals surface area contributed by atoms with Crippen molar-refractivity contribution < 1.29 is 14.3 Å². The van der Waals surface area contributed by atoms with Crippen molar-refractivity contribution in [2.75, 3.05) is 32.8 Å². The van der Waals surface area contributed by atoms with Crippen molar-refractivity contribution in [1.29, 1.82) is 0 Å². The van der Waals surface area contributed by atoms with Crippen LogP contribution in [0, 0.1) is 5.92 Å². The highest BCUT2D eigenvalue weighted by molar-refractivity contribution is 5.72. The average Bonchev–Trinajstić information content (AvgIpc) is 2.48. The van der Waals surface area contributed by atoms with Gasteiger partial charge in [-0.3, -0.25) is 14.5 Å². The number of ether oxygens (including phenoxy) is 1. The Bertz CT molecular complexity index is 306. The molecule has 1 heterocycles. The van der Waals surface area contributed by atoms with Crippen LogP contribution in [-0.2, 0) is 14.3 Å². The van der Waals surface area contributed by atoms with Crippen molar-refractivity contribution >= 4 is 12.4 Å². The minimum Gasteiger partial charge on any atom is -0.466 e. The van der Waals surface area contributed by atoms with Gasteiger partial charge in [0.25, 0.3) is 0 Å². The lowest BCUT2D eigenvalue weighted by molar-refractivity contribution is -0.149. The highest BCUT2D eigenvalue weighted by atomic mass is 16.5. The summed E-state index contributed by atoms with van der Waals surface area (Å²) in [6, 6.07) is 0.583. The van der Waals surface area contributed by atoms with E-state index in [9.17, 15) is 9.59 Å². The number of nitrogens with zero attached hydrogens (tertiary/aromatic N) is 2. The number of carbonyl (C=O) groups excluding carboxylic acids is 2. The van der Waals surface area contributed by atoms with Crippen molar-refractivity contribution in [3.05, 3.63) is 0 Å². The lowest BCUT2D eigenvalue weighted by Crippen LogP contribution is -2.50. The third-order valence-electron chi connectivity index (χ3n) is 4.33. The molecule has 0 radical (unpaired) electrons. The van der Waals surface area contributed by atoms with Gasteiger partial charge < -0.3 is 9.64 Å². The van der Waals surface area contributed by atoms with E-state index in [1.54, 1.807) is 0 Å². The molecule has 108 valence electrons. The van der Waals surface area contributed by atoms with Gasteiger partial charge in [-0.2, -0.15) is 0 Å². The summed E-state index contributed by atoms with van der Waals surface area (Å²) >= 11 is 0. The van der Waals surface area contributed by atoms with E-state index in [-0.39, 0.29) is 11.9 Å². The molecule has 19 heavy (non-hydrogen) atoms. The lowest BCUT2D eigenvalue weighted by atomic mass is 9.85. The SMILES string of the molecule is CCOC(=O)C1CCC(N2CCN(C=O)CC2)CC1. The molecular formula is C14H24N2O3. The average molecular weight is 268 g/mol. The summed E-state index contributed by atoms with van der Waals surface area (Å²) in [5.41, 5.74) is 0. The fourth-order valence-electron chi connectivity index (χ4n) is 3.14. The topological polar surface area (TPSA) is 49.9 Å². The van der Waals surface area contributed by atoms with Crippen LogP contribution in [0.2, 0.25) is 0 Å². The van der Waals surface area contributed by atoms with E-state index in [4.69, 9.17) is 4.74 Å². The first-order valence-electron chi connectivity index (χ1n) is 7.34. The molecule has 2 rings (SSSR count). The van der Waals surface area contributed by atoms with Gasteiger partial charge in [0.2, 0.25) is 6.41 Å². The van der Waals surface area contributed by atoms with E-state index >= 15 is 0 Å². The van der Waals surface area contributed by atoms with Crippen LogP contribution < -0.4 is 0 Å². The van der Waals surface area contributed by atoms with Crippen molar-refractivity contribution in [2.24, 2.45) is 5.92 Å². The summed E-state index contributed by atoms with van der Waals surface area (Å²) in [7, 11) is 0. The maximum atomic E-state index is 11.7. The number of carbonyl (C=O) groups is 2. The zero-order valence-electron chi connectivity index (χ0n) is 11.7. The smallest absolute Gasteiger partial charge is 0.308 e. The molecule has 2 fully saturated rings. The number of amides is 1. The van der Waals surface area contributed by atoms with Crippen molar-refractivity contribution in [3.63, 3.8) is 0 Å². The number of rotatable bonds is 4. The van der Waals surface area contributed by atoms with E-state index < -0.39 is 0 Å². The molecule has 0 unspecified atom stereocenters. The second kappa shape index (κ2) is 6.89. The van der Waals surface area contributed by atoms with Crippen molar-refractivity contribution in [3.8, 4) is 0 Å². The molecule has 5 nitrogen and oxygen atoms in total. The van der Waals surface area contributed by atoms with Gasteiger partial charge in [-0.25, -0.2) is 0 Å². The zero-order valence-corrected chi connectivity index (χ0v) is 11.7. The number of esters is 1. The first-order chi connectivity index (χ1) is 9.24. The van der Waals surface area contributed by atoms with Gasteiger partial charge in [0, 0.05) is 32.2 Å². The first-order valence-corrected chi connectivity index (χ1v) is 7.34. The van der Waals surface area contributed by atoms with Crippen LogP contribution >= 0.6 is 0 Å². The fourth-order valence-corrected chi connectivity index (χ4v) is 3.14. The Morgan fingerprint density at radius 1 is 1.16 bits per heavy atom. The van der Waals surface area contributed by atoms with Crippen LogP contribution in [0.1, 0.15) is 32.6 Å². The highest BCUT2D eigenvalue weighted by Gasteiger charge is 2.31.